The molecule has 0 atom stereocenters. The lowest BCUT2D eigenvalue weighted by Crippen LogP contribution is -2.45. The molecule has 1 N–H and O–H groups in total. The van der Waals surface area contributed by atoms with Crippen LogP contribution in [-0.4, -0.2) is 61.5 Å². The van der Waals surface area contributed by atoms with Crippen molar-refractivity contribution >= 4 is 5.91 Å². The Kier molecular flexibility index (Phi) is 5.64. The van der Waals surface area contributed by atoms with Crippen LogP contribution in [0, 0.1) is 5.92 Å². The third-order valence-electron chi connectivity index (χ3n) is 4.70. The summed E-state index contributed by atoms with van der Waals surface area (Å²) in [6.07, 6.45) is 6.27. The largest absolute Gasteiger partial charge is 0.354 e. The van der Waals surface area contributed by atoms with Crippen LogP contribution < -0.4 is 5.32 Å². The molecule has 1 saturated carbocycles. The van der Waals surface area contributed by atoms with E-state index in [1.165, 1.54) is 64.8 Å². The van der Waals surface area contributed by atoms with Crippen molar-refractivity contribution < 1.29 is 4.79 Å². The molecule has 1 aliphatic carbocycles. The summed E-state index contributed by atoms with van der Waals surface area (Å²) >= 11 is 0. The summed E-state index contributed by atoms with van der Waals surface area (Å²) < 4.78 is 0. The zero-order chi connectivity index (χ0) is 13.7. The maximum atomic E-state index is 11.0. The summed E-state index contributed by atoms with van der Waals surface area (Å²) in [5.74, 6) is 1.01. The van der Waals surface area contributed by atoms with E-state index in [1.54, 1.807) is 6.92 Å². The third kappa shape index (κ3) is 5.11. The molecule has 1 amide bonds. The number of nitrogens with zero attached hydrogens (tertiary/aromatic N) is 2. The average Bonchev–Trinajstić information content (AvgIpc) is 2.39. The number of carbonyl (C=O) groups is 1. The predicted octanol–water partition coefficient (Wildman–Crippen LogP) is 1.32. The first-order valence-electron chi connectivity index (χ1n) is 7.81. The quantitative estimate of drug-likeness (QED) is 0.834. The van der Waals surface area contributed by atoms with Gasteiger partial charge in [-0.05, 0) is 51.6 Å². The fourth-order valence-electron chi connectivity index (χ4n) is 3.32. The van der Waals surface area contributed by atoms with Gasteiger partial charge in [0.2, 0.25) is 5.91 Å². The number of rotatable bonds is 4. The van der Waals surface area contributed by atoms with Crippen molar-refractivity contribution in [3.8, 4) is 0 Å². The molecular weight excluding hydrogens is 238 g/mol. The monoisotopic (exact) mass is 267 g/mol. The second-order valence-electron chi connectivity index (χ2n) is 6.35. The van der Waals surface area contributed by atoms with E-state index >= 15 is 0 Å². The van der Waals surface area contributed by atoms with Crippen molar-refractivity contribution in [1.82, 2.24) is 15.1 Å². The summed E-state index contributed by atoms with van der Waals surface area (Å²) in [7, 11) is 2.21. The van der Waals surface area contributed by atoms with Crippen LogP contribution in [-0.2, 0) is 4.79 Å². The maximum absolute atomic E-state index is 11.0. The van der Waals surface area contributed by atoms with Gasteiger partial charge in [0, 0.05) is 39.1 Å². The highest BCUT2D eigenvalue weighted by atomic mass is 16.1. The van der Waals surface area contributed by atoms with Crippen LogP contribution in [0.25, 0.3) is 0 Å². The molecule has 19 heavy (non-hydrogen) atoms. The molecule has 0 spiro atoms. The molecule has 0 aromatic carbocycles. The van der Waals surface area contributed by atoms with Gasteiger partial charge in [-0.2, -0.15) is 0 Å². The standard InChI is InChI=1S/C15H29N3O/c1-13(19)16-15-5-3-14(4-6-15)7-8-18-11-9-17(2)10-12-18/h14-15H,3-12H2,1-2H3,(H,16,19). The number of amides is 1. The van der Waals surface area contributed by atoms with Crippen LogP contribution in [0.2, 0.25) is 0 Å². The first kappa shape index (κ1) is 14.8. The van der Waals surface area contributed by atoms with Gasteiger partial charge in [-0.25, -0.2) is 0 Å². The molecule has 0 bridgehead atoms. The number of piperazine rings is 1. The van der Waals surface area contributed by atoms with Gasteiger partial charge in [0.25, 0.3) is 0 Å². The SMILES string of the molecule is CC(=O)NC1CCC(CCN2CCN(C)CC2)CC1. The molecule has 0 aromatic rings. The van der Waals surface area contributed by atoms with E-state index in [-0.39, 0.29) is 5.91 Å². The lowest BCUT2D eigenvalue weighted by molar-refractivity contribution is -0.119. The summed E-state index contributed by atoms with van der Waals surface area (Å²) in [4.78, 5) is 16.1. The van der Waals surface area contributed by atoms with Crippen LogP contribution in [0.1, 0.15) is 39.0 Å². The topological polar surface area (TPSA) is 35.6 Å². The van der Waals surface area contributed by atoms with Gasteiger partial charge >= 0.3 is 0 Å². The predicted molar refractivity (Wildman–Crippen MR) is 78.1 cm³/mol. The fraction of sp³-hybridized carbons (Fsp3) is 0.933. The molecule has 1 saturated heterocycles. The van der Waals surface area contributed by atoms with Gasteiger partial charge < -0.3 is 15.1 Å². The highest BCUT2D eigenvalue weighted by Gasteiger charge is 2.22. The van der Waals surface area contributed by atoms with Crippen molar-refractivity contribution in [1.29, 1.82) is 0 Å². The van der Waals surface area contributed by atoms with Crippen LogP contribution >= 0.6 is 0 Å². The molecule has 0 unspecified atom stereocenters. The van der Waals surface area contributed by atoms with E-state index in [0.717, 1.165) is 5.92 Å². The number of hydrogen-bond donors (Lipinski definition) is 1. The molecule has 4 nitrogen and oxygen atoms in total. The van der Waals surface area contributed by atoms with Gasteiger partial charge in [-0.1, -0.05) is 0 Å². The molecule has 110 valence electrons. The third-order valence-corrected chi connectivity index (χ3v) is 4.70. The van der Waals surface area contributed by atoms with Crippen LogP contribution in [0.5, 0.6) is 0 Å². The Morgan fingerprint density at radius 1 is 1.11 bits per heavy atom. The van der Waals surface area contributed by atoms with Gasteiger partial charge in [-0.3, -0.25) is 4.79 Å². The smallest absolute Gasteiger partial charge is 0.217 e. The minimum atomic E-state index is 0.126. The van der Waals surface area contributed by atoms with Crippen LogP contribution in [0.15, 0.2) is 0 Å². The molecule has 2 fully saturated rings. The summed E-state index contributed by atoms with van der Waals surface area (Å²) in [5, 5.41) is 3.06. The van der Waals surface area contributed by atoms with Crippen LogP contribution in [0.3, 0.4) is 0 Å². The first-order valence-corrected chi connectivity index (χ1v) is 7.81. The normalized spacial score (nSPS) is 30.2. The molecule has 0 aromatic heterocycles. The Balaban J connectivity index is 1.59. The van der Waals surface area contributed by atoms with E-state index < -0.39 is 0 Å². The molecule has 2 rings (SSSR count). The Morgan fingerprint density at radius 3 is 2.32 bits per heavy atom. The molecular formula is C15H29N3O. The first-order chi connectivity index (χ1) is 9.13. The van der Waals surface area contributed by atoms with E-state index in [9.17, 15) is 4.79 Å². The summed E-state index contributed by atoms with van der Waals surface area (Å²) in [5.41, 5.74) is 0. The van der Waals surface area contributed by atoms with Crippen molar-refractivity contribution in [2.75, 3.05) is 39.8 Å². The van der Waals surface area contributed by atoms with Crippen molar-refractivity contribution in [3.63, 3.8) is 0 Å². The zero-order valence-corrected chi connectivity index (χ0v) is 12.5. The summed E-state index contributed by atoms with van der Waals surface area (Å²) in [6.45, 7) is 7.79. The van der Waals surface area contributed by atoms with E-state index in [0.29, 0.717) is 6.04 Å². The second-order valence-corrected chi connectivity index (χ2v) is 6.35. The molecule has 4 heteroatoms. The molecule has 1 heterocycles. The highest BCUT2D eigenvalue weighted by Crippen LogP contribution is 2.27. The molecule has 1 aliphatic heterocycles. The number of nitrogens with one attached hydrogen (secondary N) is 1. The van der Waals surface area contributed by atoms with Crippen molar-refractivity contribution in [2.24, 2.45) is 5.92 Å². The number of hydrogen-bond acceptors (Lipinski definition) is 3. The minimum absolute atomic E-state index is 0.126. The van der Waals surface area contributed by atoms with Crippen molar-refractivity contribution in [3.05, 3.63) is 0 Å². The van der Waals surface area contributed by atoms with Gasteiger partial charge in [0.15, 0.2) is 0 Å². The molecule has 2 aliphatic rings. The van der Waals surface area contributed by atoms with Gasteiger partial charge in [0.05, 0.1) is 0 Å². The Labute approximate surface area is 117 Å². The van der Waals surface area contributed by atoms with E-state index in [1.807, 2.05) is 0 Å². The van der Waals surface area contributed by atoms with Crippen LogP contribution in [0.4, 0.5) is 0 Å². The minimum Gasteiger partial charge on any atom is -0.354 e. The van der Waals surface area contributed by atoms with E-state index in [4.69, 9.17) is 0 Å². The van der Waals surface area contributed by atoms with Crippen molar-refractivity contribution in [2.45, 2.75) is 45.1 Å². The summed E-state index contributed by atoms with van der Waals surface area (Å²) in [6, 6.07) is 0.442. The number of likely N-dealkylation sites (N-methyl/N-ethyl adjacent to an activating group) is 1. The lowest BCUT2D eigenvalue weighted by Gasteiger charge is -2.34. The number of carbonyl (C=O) groups excluding carboxylic acids is 1. The molecule has 0 radical (unpaired) electrons. The zero-order valence-electron chi connectivity index (χ0n) is 12.5. The highest BCUT2D eigenvalue weighted by molar-refractivity contribution is 5.73. The lowest BCUT2D eigenvalue weighted by atomic mass is 9.84. The Morgan fingerprint density at radius 2 is 1.74 bits per heavy atom. The second kappa shape index (κ2) is 7.25. The van der Waals surface area contributed by atoms with Gasteiger partial charge in [0.1, 0.15) is 0 Å². The Bertz CT molecular complexity index is 279. The van der Waals surface area contributed by atoms with Gasteiger partial charge in [-0.15, -0.1) is 0 Å². The van der Waals surface area contributed by atoms with E-state index in [2.05, 4.69) is 22.2 Å². The average molecular weight is 267 g/mol. The maximum Gasteiger partial charge on any atom is 0.217 e. The fourth-order valence-corrected chi connectivity index (χ4v) is 3.32. The Hall–Kier alpha value is -0.610.